The third-order valence-electron chi connectivity index (χ3n) is 4.45. The van der Waals surface area contributed by atoms with Gasteiger partial charge in [-0.1, -0.05) is 31.5 Å². The fourth-order valence-electron chi connectivity index (χ4n) is 3.16. The Kier molecular flexibility index (Phi) is 5.86. The van der Waals surface area contributed by atoms with Crippen molar-refractivity contribution in [3.8, 4) is 5.75 Å². The highest BCUT2D eigenvalue weighted by Gasteiger charge is 2.30. The zero-order valence-electron chi connectivity index (χ0n) is 12.7. The molecule has 1 fully saturated rings. The average Bonchev–Trinajstić information content (AvgIpc) is 2.49. The van der Waals surface area contributed by atoms with Crippen LogP contribution in [0.15, 0.2) is 24.3 Å². The van der Waals surface area contributed by atoms with Crippen LogP contribution in [0.1, 0.15) is 44.1 Å². The van der Waals surface area contributed by atoms with Crippen molar-refractivity contribution < 1.29 is 9.47 Å². The number of ether oxygens (including phenoxy) is 2. The molecule has 0 heterocycles. The lowest BCUT2D eigenvalue weighted by molar-refractivity contribution is 0.145. The van der Waals surface area contributed by atoms with Crippen LogP contribution in [0.25, 0.3) is 0 Å². The summed E-state index contributed by atoms with van der Waals surface area (Å²) < 4.78 is 10.9. The van der Waals surface area contributed by atoms with E-state index in [9.17, 15) is 0 Å². The number of benzene rings is 1. The second-order valence-electron chi connectivity index (χ2n) is 5.74. The van der Waals surface area contributed by atoms with Gasteiger partial charge in [0.1, 0.15) is 12.4 Å². The van der Waals surface area contributed by atoms with Crippen LogP contribution >= 0.6 is 0 Å². The molecule has 0 aromatic heterocycles. The summed E-state index contributed by atoms with van der Waals surface area (Å²) in [6, 6.07) is 8.58. The molecule has 2 rings (SSSR count). The van der Waals surface area contributed by atoms with Gasteiger partial charge in [-0.25, -0.2) is 0 Å². The van der Waals surface area contributed by atoms with Gasteiger partial charge in [0.2, 0.25) is 0 Å². The second-order valence-corrected chi connectivity index (χ2v) is 5.74. The quantitative estimate of drug-likeness (QED) is 0.811. The van der Waals surface area contributed by atoms with Crippen molar-refractivity contribution in [1.29, 1.82) is 0 Å². The number of para-hydroxylation sites is 1. The maximum atomic E-state index is 6.37. The standard InChI is InChI=1S/C17H27NO2/c1-3-13-8-9-16(18)15(12-13)14-6-4-5-7-17(14)20-11-10-19-2/h4-7,13,15-16H,3,8-12,18H2,1-2H3. The van der Waals surface area contributed by atoms with E-state index in [0.29, 0.717) is 19.1 Å². The number of hydrogen-bond donors (Lipinski definition) is 1. The Balaban J connectivity index is 2.13. The molecular formula is C17H27NO2. The van der Waals surface area contributed by atoms with Crippen molar-refractivity contribution in [2.75, 3.05) is 20.3 Å². The fraction of sp³-hybridized carbons (Fsp3) is 0.647. The molecule has 0 radical (unpaired) electrons. The first-order valence-electron chi connectivity index (χ1n) is 7.72. The highest BCUT2D eigenvalue weighted by atomic mass is 16.5. The molecule has 2 N–H and O–H groups in total. The average molecular weight is 277 g/mol. The van der Waals surface area contributed by atoms with Crippen molar-refractivity contribution in [3.05, 3.63) is 29.8 Å². The molecular weight excluding hydrogens is 250 g/mol. The highest BCUT2D eigenvalue weighted by molar-refractivity contribution is 5.37. The topological polar surface area (TPSA) is 44.5 Å². The Bertz CT molecular complexity index is 408. The predicted molar refractivity (Wildman–Crippen MR) is 82.2 cm³/mol. The first-order chi connectivity index (χ1) is 9.76. The van der Waals surface area contributed by atoms with Gasteiger partial charge < -0.3 is 15.2 Å². The van der Waals surface area contributed by atoms with Gasteiger partial charge in [-0.15, -0.1) is 0 Å². The normalized spacial score (nSPS) is 26.4. The summed E-state index contributed by atoms with van der Waals surface area (Å²) in [4.78, 5) is 0. The van der Waals surface area contributed by atoms with Crippen LogP contribution in [0.4, 0.5) is 0 Å². The number of nitrogens with two attached hydrogens (primary N) is 1. The number of methoxy groups -OCH3 is 1. The molecule has 20 heavy (non-hydrogen) atoms. The summed E-state index contributed by atoms with van der Waals surface area (Å²) in [5.41, 5.74) is 7.64. The molecule has 3 nitrogen and oxygen atoms in total. The van der Waals surface area contributed by atoms with Crippen LogP contribution in [0.2, 0.25) is 0 Å². The highest BCUT2D eigenvalue weighted by Crippen LogP contribution is 2.40. The molecule has 0 spiro atoms. The molecule has 1 aliphatic rings. The van der Waals surface area contributed by atoms with Gasteiger partial charge in [-0.05, 0) is 36.8 Å². The van der Waals surface area contributed by atoms with Crippen molar-refractivity contribution in [2.24, 2.45) is 11.7 Å². The zero-order chi connectivity index (χ0) is 14.4. The van der Waals surface area contributed by atoms with E-state index in [-0.39, 0.29) is 6.04 Å². The molecule has 3 unspecified atom stereocenters. The van der Waals surface area contributed by atoms with E-state index < -0.39 is 0 Å². The summed E-state index contributed by atoms with van der Waals surface area (Å²) in [6.07, 6.45) is 4.81. The molecule has 1 saturated carbocycles. The number of hydrogen-bond acceptors (Lipinski definition) is 3. The van der Waals surface area contributed by atoms with Gasteiger partial charge in [-0.3, -0.25) is 0 Å². The Morgan fingerprint density at radius 2 is 2.00 bits per heavy atom. The summed E-state index contributed by atoms with van der Waals surface area (Å²) in [5.74, 6) is 2.20. The van der Waals surface area contributed by atoms with Crippen LogP contribution in [-0.2, 0) is 4.74 Å². The molecule has 0 aliphatic heterocycles. The Morgan fingerprint density at radius 1 is 1.20 bits per heavy atom. The predicted octanol–water partition coefficient (Wildman–Crippen LogP) is 3.33. The van der Waals surface area contributed by atoms with Gasteiger partial charge in [0, 0.05) is 19.1 Å². The second kappa shape index (κ2) is 7.65. The molecule has 0 saturated heterocycles. The van der Waals surface area contributed by atoms with E-state index in [0.717, 1.165) is 18.1 Å². The maximum Gasteiger partial charge on any atom is 0.122 e. The molecule has 1 aliphatic carbocycles. The molecule has 112 valence electrons. The van der Waals surface area contributed by atoms with E-state index in [1.54, 1.807) is 7.11 Å². The van der Waals surface area contributed by atoms with Crippen LogP contribution in [0.3, 0.4) is 0 Å². The van der Waals surface area contributed by atoms with Gasteiger partial charge in [-0.2, -0.15) is 0 Å². The lowest BCUT2D eigenvalue weighted by Gasteiger charge is -2.34. The molecule has 0 bridgehead atoms. The summed E-state index contributed by atoms with van der Waals surface area (Å²) in [7, 11) is 1.69. The lowest BCUT2D eigenvalue weighted by Crippen LogP contribution is -2.34. The maximum absolute atomic E-state index is 6.37. The van der Waals surface area contributed by atoms with Crippen molar-refractivity contribution >= 4 is 0 Å². The van der Waals surface area contributed by atoms with Crippen LogP contribution < -0.4 is 10.5 Å². The SMILES string of the molecule is CCC1CCC(N)C(c2ccccc2OCCOC)C1. The van der Waals surface area contributed by atoms with Gasteiger partial charge in [0.05, 0.1) is 6.61 Å². The van der Waals surface area contributed by atoms with Gasteiger partial charge in [0.25, 0.3) is 0 Å². The van der Waals surface area contributed by atoms with Crippen molar-refractivity contribution in [2.45, 2.75) is 44.6 Å². The molecule has 3 heteroatoms. The minimum absolute atomic E-state index is 0.255. The van der Waals surface area contributed by atoms with E-state index in [4.69, 9.17) is 15.2 Å². The Labute approximate surface area is 122 Å². The monoisotopic (exact) mass is 277 g/mol. The first kappa shape index (κ1) is 15.3. The van der Waals surface area contributed by atoms with Crippen LogP contribution in [-0.4, -0.2) is 26.4 Å². The third-order valence-corrected chi connectivity index (χ3v) is 4.45. The smallest absolute Gasteiger partial charge is 0.122 e. The van der Waals surface area contributed by atoms with E-state index >= 15 is 0 Å². The van der Waals surface area contributed by atoms with Gasteiger partial charge >= 0.3 is 0 Å². The Morgan fingerprint density at radius 3 is 2.75 bits per heavy atom. The molecule has 1 aromatic carbocycles. The largest absolute Gasteiger partial charge is 0.491 e. The van der Waals surface area contributed by atoms with E-state index in [1.807, 2.05) is 12.1 Å². The third kappa shape index (κ3) is 3.74. The minimum Gasteiger partial charge on any atom is -0.491 e. The fourth-order valence-corrected chi connectivity index (χ4v) is 3.16. The van der Waals surface area contributed by atoms with E-state index in [1.165, 1.54) is 24.8 Å². The number of rotatable bonds is 6. The van der Waals surface area contributed by atoms with E-state index in [2.05, 4.69) is 19.1 Å². The Hall–Kier alpha value is -1.06. The molecule has 3 atom stereocenters. The molecule has 1 aromatic rings. The molecule has 0 amide bonds. The van der Waals surface area contributed by atoms with Crippen molar-refractivity contribution in [1.82, 2.24) is 0 Å². The summed E-state index contributed by atoms with van der Waals surface area (Å²) in [6.45, 7) is 3.48. The van der Waals surface area contributed by atoms with Gasteiger partial charge in [0.15, 0.2) is 0 Å². The summed E-state index contributed by atoms with van der Waals surface area (Å²) >= 11 is 0. The summed E-state index contributed by atoms with van der Waals surface area (Å²) in [5, 5.41) is 0. The first-order valence-corrected chi connectivity index (χ1v) is 7.72. The zero-order valence-corrected chi connectivity index (χ0v) is 12.7. The van der Waals surface area contributed by atoms with Crippen molar-refractivity contribution in [3.63, 3.8) is 0 Å². The van der Waals surface area contributed by atoms with Crippen LogP contribution in [0, 0.1) is 5.92 Å². The van der Waals surface area contributed by atoms with Crippen LogP contribution in [0.5, 0.6) is 5.75 Å². The lowest BCUT2D eigenvalue weighted by atomic mass is 9.74. The minimum atomic E-state index is 0.255.